The van der Waals surface area contributed by atoms with E-state index in [-0.39, 0.29) is 12.3 Å². The van der Waals surface area contributed by atoms with Gasteiger partial charge in [0.1, 0.15) is 6.10 Å². The van der Waals surface area contributed by atoms with Crippen molar-refractivity contribution in [2.24, 2.45) is 0 Å². The molecule has 0 N–H and O–H groups in total. The highest BCUT2D eigenvalue weighted by molar-refractivity contribution is 5.60. The highest BCUT2D eigenvalue weighted by Gasteiger charge is 2.19. The van der Waals surface area contributed by atoms with Crippen LogP contribution in [0.4, 0.5) is 4.79 Å². The fourth-order valence-corrected chi connectivity index (χ4v) is 1.24. The summed E-state index contributed by atoms with van der Waals surface area (Å²) in [5, 5.41) is 4.18. The van der Waals surface area contributed by atoms with Gasteiger partial charge in [-0.05, 0) is 32.6 Å². The molecule has 2 unspecified atom stereocenters. The van der Waals surface area contributed by atoms with E-state index >= 15 is 0 Å². The number of piperidine rings is 1. The summed E-state index contributed by atoms with van der Waals surface area (Å²) < 4.78 is 10.0. The fraction of sp³-hybridized carbons (Fsp3) is 0.900. The largest absolute Gasteiger partial charge is 0.510 e. The topological polar surface area (TPSA) is 49.6 Å². The van der Waals surface area contributed by atoms with Crippen molar-refractivity contribution >= 4 is 6.16 Å². The van der Waals surface area contributed by atoms with E-state index in [1.54, 1.807) is 0 Å². The number of hydrogen-bond acceptors (Lipinski definition) is 3. The van der Waals surface area contributed by atoms with Gasteiger partial charge >= 0.3 is 6.16 Å². The quantitative estimate of drug-likeness (QED) is 0.655. The van der Waals surface area contributed by atoms with Gasteiger partial charge in [-0.25, -0.2) is 10.1 Å². The average Bonchev–Trinajstić information content (AvgIpc) is 2.19. The van der Waals surface area contributed by atoms with Crippen molar-refractivity contribution in [3.05, 3.63) is 0 Å². The molecule has 1 aliphatic rings. The van der Waals surface area contributed by atoms with E-state index in [0.29, 0.717) is 0 Å². The molecule has 1 rings (SSSR count). The summed E-state index contributed by atoms with van der Waals surface area (Å²) in [6, 6.07) is 0. The Bertz CT molecular complexity index is 178. The molecule has 0 aromatic heterocycles. The number of ether oxygens (including phenoxy) is 2. The van der Waals surface area contributed by atoms with Gasteiger partial charge in [0, 0.05) is 6.54 Å². The van der Waals surface area contributed by atoms with Crippen LogP contribution in [0.3, 0.4) is 0 Å². The molecule has 0 spiro atoms. The molecule has 81 valence electrons. The first-order valence-electron chi connectivity index (χ1n) is 5.26. The summed E-state index contributed by atoms with van der Waals surface area (Å²) in [5.74, 6) is 0. The fourth-order valence-electron chi connectivity index (χ4n) is 1.24. The molecular formula is C10H18NO3. The standard InChI is InChI=1S/C10H18NO3/c1-3-8(2)13-10(12)14-9-6-4-5-7-11-9/h8-9H,3-7H2,1-2H3. The molecule has 4 nitrogen and oxygen atoms in total. The van der Waals surface area contributed by atoms with Gasteiger partial charge < -0.3 is 9.47 Å². The molecule has 14 heavy (non-hydrogen) atoms. The zero-order chi connectivity index (χ0) is 10.4. The second-order valence-corrected chi connectivity index (χ2v) is 3.56. The Morgan fingerprint density at radius 3 is 2.93 bits per heavy atom. The van der Waals surface area contributed by atoms with Crippen LogP contribution in [-0.4, -0.2) is 25.0 Å². The summed E-state index contributed by atoms with van der Waals surface area (Å²) in [6.45, 7) is 4.60. The summed E-state index contributed by atoms with van der Waals surface area (Å²) in [6.07, 6.45) is 2.86. The van der Waals surface area contributed by atoms with E-state index in [4.69, 9.17) is 9.47 Å². The van der Waals surface area contributed by atoms with Crippen molar-refractivity contribution in [2.75, 3.05) is 6.54 Å². The lowest BCUT2D eigenvalue weighted by molar-refractivity contribution is -0.0164. The van der Waals surface area contributed by atoms with Crippen LogP contribution < -0.4 is 5.32 Å². The Labute approximate surface area is 85.0 Å². The molecule has 0 bridgehead atoms. The molecule has 0 aliphatic carbocycles. The van der Waals surface area contributed by atoms with Crippen LogP contribution in [0.15, 0.2) is 0 Å². The van der Waals surface area contributed by atoms with Crippen molar-refractivity contribution in [1.82, 2.24) is 5.32 Å². The van der Waals surface area contributed by atoms with E-state index in [1.807, 2.05) is 13.8 Å². The van der Waals surface area contributed by atoms with Gasteiger partial charge in [0.2, 0.25) is 0 Å². The molecule has 1 heterocycles. The molecule has 0 saturated carbocycles. The van der Waals surface area contributed by atoms with E-state index < -0.39 is 6.16 Å². The van der Waals surface area contributed by atoms with Crippen LogP contribution in [0.25, 0.3) is 0 Å². The number of carbonyl (C=O) groups excluding carboxylic acids is 1. The highest BCUT2D eigenvalue weighted by Crippen LogP contribution is 2.11. The molecule has 1 aliphatic heterocycles. The molecular weight excluding hydrogens is 182 g/mol. The zero-order valence-electron chi connectivity index (χ0n) is 8.86. The minimum absolute atomic E-state index is 0.0777. The van der Waals surface area contributed by atoms with Crippen LogP contribution in [0.2, 0.25) is 0 Å². The summed E-state index contributed by atoms with van der Waals surface area (Å²) in [4.78, 5) is 11.2. The zero-order valence-corrected chi connectivity index (χ0v) is 8.86. The first-order valence-corrected chi connectivity index (χ1v) is 5.26. The van der Waals surface area contributed by atoms with E-state index in [0.717, 1.165) is 32.2 Å². The van der Waals surface area contributed by atoms with E-state index in [1.165, 1.54) is 0 Å². The second-order valence-electron chi connectivity index (χ2n) is 3.56. The third-order valence-corrected chi connectivity index (χ3v) is 2.30. The number of nitrogens with zero attached hydrogens (tertiary/aromatic N) is 1. The van der Waals surface area contributed by atoms with E-state index in [2.05, 4.69) is 5.32 Å². The first kappa shape index (κ1) is 11.3. The van der Waals surface area contributed by atoms with E-state index in [9.17, 15) is 4.79 Å². The van der Waals surface area contributed by atoms with Gasteiger partial charge in [-0.1, -0.05) is 6.92 Å². The van der Waals surface area contributed by atoms with Gasteiger partial charge in [0.05, 0.1) is 0 Å². The number of hydrogen-bond donors (Lipinski definition) is 0. The Kier molecular flexibility index (Phi) is 4.73. The normalized spacial score (nSPS) is 24.0. The maximum atomic E-state index is 11.2. The number of rotatable bonds is 3. The summed E-state index contributed by atoms with van der Waals surface area (Å²) in [7, 11) is 0. The van der Waals surface area contributed by atoms with Gasteiger partial charge in [-0.2, -0.15) is 0 Å². The molecule has 1 radical (unpaired) electrons. The lowest BCUT2D eigenvalue weighted by Crippen LogP contribution is -2.33. The van der Waals surface area contributed by atoms with Crippen LogP contribution in [-0.2, 0) is 9.47 Å². The van der Waals surface area contributed by atoms with Crippen LogP contribution in [0, 0.1) is 0 Å². The Balaban J connectivity index is 2.18. The minimum Gasteiger partial charge on any atom is -0.431 e. The van der Waals surface area contributed by atoms with Gasteiger partial charge in [-0.3, -0.25) is 0 Å². The predicted octanol–water partition coefficient (Wildman–Crippen LogP) is 2.05. The molecule has 0 aromatic carbocycles. The molecule has 0 aromatic rings. The van der Waals surface area contributed by atoms with Crippen LogP contribution in [0.5, 0.6) is 0 Å². The smallest absolute Gasteiger partial charge is 0.431 e. The van der Waals surface area contributed by atoms with Crippen molar-refractivity contribution < 1.29 is 14.3 Å². The van der Waals surface area contributed by atoms with Crippen molar-refractivity contribution in [1.29, 1.82) is 0 Å². The highest BCUT2D eigenvalue weighted by atomic mass is 16.7. The Hall–Kier alpha value is -0.770. The second kappa shape index (κ2) is 5.86. The van der Waals surface area contributed by atoms with Gasteiger partial charge in [0.15, 0.2) is 6.23 Å². The molecule has 0 amide bonds. The molecule has 2 atom stereocenters. The van der Waals surface area contributed by atoms with Crippen LogP contribution in [0.1, 0.15) is 39.5 Å². The van der Waals surface area contributed by atoms with Crippen LogP contribution >= 0.6 is 0 Å². The minimum atomic E-state index is -0.588. The van der Waals surface area contributed by atoms with Crippen molar-refractivity contribution in [3.63, 3.8) is 0 Å². The predicted molar refractivity (Wildman–Crippen MR) is 52.0 cm³/mol. The molecule has 4 heteroatoms. The molecule has 1 saturated heterocycles. The maximum Gasteiger partial charge on any atom is 0.510 e. The van der Waals surface area contributed by atoms with Gasteiger partial charge in [0.25, 0.3) is 0 Å². The third-order valence-electron chi connectivity index (χ3n) is 2.30. The average molecular weight is 200 g/mol. The molecule has 1 fully saturated rings. The monoisotopic (exact) mass is 200 g/mol. The van der Waals surface area contributed by atoms with Crippen molar-refractivity contribution in [2.45, 2.75) is 51.9 Å². The lowest BCUT2D eigenvalue weighted by atomic mass is 10.1. The first-order chi connectivity index (χ1) is 6.72. The van der Waals surface area contributed by atoms with Gasteiger partial charge in [-0.15, -0.1) is 0 Å². The number of carbonyl (C=O) groups is 1. The third kappa shape index (κ3) is 3.96. The Morgan fingerprint density at radius 1 is 1.57 bits per heavy atom. The summed E-state index contributed by atoms with van der Waals surface area (Å²) in [5.41, 5.74) is 0. The SMILES string of the molecule is CCC(C)OC(=O)OC1CCCC[N]1. The lowest BCUT2D eigenvalue weighted by Gasteiger charge is -2.21. The Morgan fingerprint density at radius 2 is 2.36 bits per heavy atom. The maximum absolute atomic E-state index is 11.2. The van der Waals surface area contributed by atoms with Crippen molar-refractivity contribution in [3.8, 4) is 0 Å². The summed E-state index contributed by atoms with van der Waals surface area (Å²) >= 11 is 0.